The molecule has 0 saturated heterocycles. The molecule has 112 valence electrons. The van der Waals surface area contributed by atoms with Gasteiger partial charge >= 0.3 is 0 Å². The molecule has 0 saturated carbocycles. The zero-order valence-electron chi connectivity index (χ0n) is 11.1. The van der Waals surface area contributed by atoms with Crippen molar-refractivity contribution in [2.24, 2.45) is 0 Å². The van der Waals surface area contributed by atoms with E-state index in [0.717, 1.165) is 5.56 Å². The van der Waals surface area contributed by atoms with Crippen molar-refractivity contribution in [2.45, 2.75) is 11.4 Å². The lowest BCUT2D eigenvalue weighted by molar-refractivity contribution is 0.467. The molecular formula is C14H12BrCl2NO2S. The van der Waals surface area contributed by atoms with Crippen molar-refractivity contribution >= 4 is 49.2 Å². The summed E-state index contributed by atoms with van der Waals surface area (Å²) in [4.78, 5) is -0.0764. The Hall–Kier alpha value is -0.590. The molecule has 3 nitrogen and oxygen atoms in total. The molecule has 0 spiro atoms. The Bertz CT molecular complexity index is 728. The summed E-state index contributed by atoms with van der Waals surface area (Å²) >= 11 is 15.3. The Labute approximate surface area is 142 Å². The second kappa shape index (κ2) is 6.67. The van der Waals surface area contributed by atoms with Crippen molar-refractivity contribution in [1.29, 1.82) is 0 Å². The maximum absolute atomic E-state index is 12.6. The van der Waals surface area contributed by atoms with E-state index in [1.165, 1.54) is 23.5 Å². The Morgan fingerprint density at radius 1 is 1.10 bits per heavy atom. The summed E-state index contributed by atoms with van der Waals surface area (Å²) < 4.78 is 27.1. The summed E-state index contributed by atoms with van der Waals surface area (Å²) in [6, 6.07) is 12.3. The van der Waals surface area contributed by atoms with E-state index in [1.54, 1.807) is 0 Å². The normalized spacial score (nSPS) is 11.9. The first-order chi connectivity index (χ1) is 9.82. The highest BCUT2D eigenvalue weighted by atomic mass is 79.9. The predicted octanol–water partition coefficient (Wildman–Crippen LogP) is 4.58. The molecule has 0 aromatic heterocycles. The molecule has 0 bridgehead atoms. The fourth-order valence-electron chi connectivity index (χ4n) is 1.86. The summed E-state index contributed by atoms with van der Waals surface area (Å²) in [6.07, 6.45) is 0. The van der Waals surface area contributed by atoms with E-state index >= 15 is 0 Å². The van der Waals surface area contributed by atoms with Crippen LogP contribution < -0.4 is 0 Å². The third-order valence-electron chi connectivity index (χ3n) is 2.88. The average molecular weight is 409 g/mol. The van der Waals surface area contributed by atoms with Crippen molar-refractivity contribution in [3.05, 3.63) is 62.5 Å². The van der Waals surface area contributed by atoms with Gasteiger partial charge in [0.05, 0.1) is 10.0 Å². The second-order valence-corrected chi connectivity index (χ2v) is 8.16. The van der Waals surface area contributed by atoms with Crippen LogP contribution in [0.4, 0.5) is 0 Å². The number of halogens is 3. The summed E-state index contributed by atoms with van der Waals surface area (Å²) in [6.45, 7) is 0.242. The van der Waals surface area contributed by atoms with E-state index in [0.29, 0.717) is 4.47 Å². The summed E-state index contributed by atoms with van der Waals surface area (Å²) in [7, 11) is -2.27. The Kier molecular flexibility index (Phi) is 5.33. The molecule has 0 aliphatic rings. The zero-order chi connectivity index (χ0) is 15.6. The molecule has 7 heteroatoms. The molecule has 0 heterocycles. The highest BCUT2D eigenvalue weighted by Gasteiger charge is 2.27. The van der Waals surface area contributed by atoms with Gasteiger partial charge in [-0.25, -0.2) is 8.42 Å². The van der Waals surface area contributed by atoms with Crippen LogP contribution in [-0.2, 0) is 16.6 Å². The largest absolute Gasteiger partial charge is 0.246 e. The number of hydrogen-bond donors (Lipinski definition) is 0. The molecule has 0 fully saturated rings. The molecule has 21 heavy (non-hydrogen) atoms. The minimum Gasteiger partial charge on any atom is -0.207 e. The van der Waals surface area contributed by atoms with Crippen molar-refractivity contribution in [3.63, 3.8) is 0 Å². The number of sulfonamides is 1. The van der Waals surface area contributed by atoms with Gasteiger partial charge in [0.15, 0.2) is 0 Å². The molecule has 2 aromatic carbocycles. The molecular weight excluding hydrogens is 397 g/mol. The highest BCUT2D eigenvalue weighted by molar-refractivity contribution is 9.10. The predicted molar refractivity (Wildman–Crippen MR) is 89.3 cm³/mol. The van der Waals surface area contributed by atoms with E-state index in [4.69, 9.17) is 23.2 Å². The molecule has 2 aromatic rings. The van der Waals surface area contributed by atoms with Crippen molar-refractivity contribution < 1.29 is 8.42 Å². The third kappa shape index (κ3) is 3.79. The van der Waals surface area contributed by atoms with Gasteiger partial charge < -0.3 is 0 Å². The minimum absolute atomic E-state index is 0.0764. The van der Waals surface area contributed by atoms with Crippen LogP contribution in [0.3, 0.4) is 0 Å². The fraction of sp³-hybridized carbons (Fsp3) is 0.143. The van der Waals surface area contributed by atoms with Crippen molar-refractivity contribution in [2.75, 3.05) is 7.05 Å². The average Bonchev–Trinajstić information content (AvgIpc) is 2.38. The smallest absolute Gasteiger partial charge is 0.207 e. The monoisotopic (exact) mass is 407 g/mol. The van der Waals surface area contributed by atoms with Crippen LogP contribution in [0.5, 0.6) is 0 Å². The van der Waals surface area contributed by atoms with Crippen LogP contribution in [0.15, 0.2) is 51.8 Å². The number of rotatable bonds is 4. The quantitative estimate of drug-likeness (QED) is 0.742. The van der Waals surface area contributed by atoms with Crippen LogP contribution in [0.1, 0.15) is 5.56 Å². The SMILES string of the molecule is CN(Cc1ccccc1)S(=O)(=O)c1c(Cl)cc(Br)cc1Cl. The van der Waals surface area contributed by atoms with Crippen LogP contribution in [0.25, 0.3) is 0 Å². The van der Waals surface area contributed by atoms with Gasteiger partial charge in [-0.15, -0.1) is 0 Å². The van der Waals surface area contributed by atoms with Gasteiger partial charge in [-0.1, -0.05) is 69.5 Å². The topological polar surface area (TPSA) is 37.4 Å². The molecule has 0 radical (unpaired) electrons. The second-order valence-electron chi connectivity index (χ2n) is 4.45. The zero-order valence-corrected chi connectivity index (χ0v) is 15.0. The van der Waals surface area contributed by atoms with Gasteiger partial charge in [-0.3, -0.25) is 0 Å². The van der Waals surface area contributed by atoms with E-state index < -0.39 is 10.0 Å². The van der Waals surface area contributed by atoms with Crippen LogP contribution in [-0.4, -0.2) is 19.8 Å². The lowest BCUT2D eigenvalue weighted by Crippen LogP contribution is -2.27. The standard InChI is InChI=1S/C14H12BrCl2NO2S/c1-18(9-10-5-3-2-4-6-10)21(19,20)14-12(16)7-11(15)8-13(14)17/h2-8H,9H2,1H3. The molecule has 0 unspecified atom stereocenters. The van der Waals surface area contributed by atoms with Gasteiger partial charge in [0, 0.05) is 18.1 Å². The first-order valence-corrected chi connectivity index (χ1v) is 8.96. The minimum atomic E-state index is -3.77. The summed E-state index contributed by atoms with van der Waals surface area (Å²) in [5, 5.41) is 0.184. The Morgan fingerprint density at radius 2 is 1.62 bits per heavy atom. The van der Waals surface area contributed by atoms with Crippen LogP contribution in [0, 0.1) is 0 Å². The van der Waals surface area contributed by atoms with Crippen molar-refractivity contribution in [1.82, 2.24) is 4.31 Å². The number of hydrogen-bond acceptors (Lipinski definition) is 2. The molecule has 0 aliphatic carbocycles. The highest BCUT2D eigenvalue weighted by Crippen LogP contribution is 2.34. The molecule has 0 aliphatic heterocycles. The number of benzene rings is 2. The molecule has 2 rings (SSSR count). The number of nitrogens with zero attached hydrogens (tertiary/aromatic N) is 1. The third-order valence-corrected chi connectivity index (χ3v) is 6.06. The van der Waals surface area contributed by atoms with Gasteiger partial charge in [0.1, 0.15) is 4.90 Å². The maximum atomic E-state index is 12.6. The summed E-state index contributed by atoms with van der Waals surface area (Å²) in [5.41, 5.74) is 0.882. The fourth-order valence-corrected chi connectivity index (χ4v) is 4.89. The molecule has 0 amide bonds. The first-order valence-electron chi connectivity index (χ1n) is 5.97. The lowest BCUT2D eigenvalue weighted by atomic mass is 10.2. The van der Waals surface area contributed by atoms with E-state index in [9.17, 15) is 8.42 Å². The van der Waals surface area contributed by atoms with E-state index in [1.807, 2.05) is 30.3 Å². The van der Waals surface area contributed by atoms with Crippen molar-refractivity contribution in [3.8, 4) is 0 Å². The van der Waals surface area contributed by atoms with E-state index in [-0.39, 0.29) is 21.5 Å². The Balaban J connectivity index is 2.38. The summed E-state index contributed by atoms with van der Waals surface area (Å²) in [5.74, 6) is 0. The van der Waals surface area contributed by atoms with Gasteiger partial charge in [0.25, 0.3) is 0 Å². The van der Waals surface area contributed by atoms with Gasteiger partial charge in [-0.2, -0.15) is 4.31 Å². The molecule has 0 N–H and O–H groups in total. The lowest BCUT2D eigenvalue weighted by Gasteiger charge is -2.19. The molecule has 0 atom stereocenters. The van der Waals surface area contributed by atoms with Gasteiger partial charge in [0.2, 0.25) is 10.0 Å². The van der Waals surface area contributed by atoms with Gasteiger partial charge in [-0.05, 0) is 17.7 Å². The Morgan fingerprint density at radius 3 is 2.14 bits per heavy atom. The van der Waals surface area contributed by atoms with Crippen LogP contribution >= 0.6 is 39.1 Å². The van der Waals surface area contributed by atoms with Crippen LogP contribution in [0.2, 0.25) is 10.0 Å². The van der Waals surface area contributed by atoms with E-state index in [2.05, 4.69) is 15.9 Å². The maximum Gasteiger partial charge on any atom is 0.246 e. The first kappa shape index (κ1) is 16.8.